The van der Waals surface area contributed by atoms with Crippen molar-refractivity contribution in [2.45, 2.75) is 27.2 Å². The van der Waals surface area contributed by atoms with Crippen LogP contribution in [0.5, 0.6) is 5.75 Å². The molecule has 1 N–H and O–H groups in total. The summed E-state index contributed by atoms with van der Waals surface area (Å²) in [5.74, 6) is 1.01. The van der Waals surface area contributed by atoms with Gasteiger partial charge in [0.1, 0.15) is 11.6 Å². The Labute approximate surface area is 103 Å². The maximum Gasteiger partial charge on any atom is 0.126 e. The Morgan fingerprint density at radius 1 is 1.41 bits per heavy atom. The average Bonchev–Trinajstić information content (AvgIpc) is 2.31. The van der Waals surface area contributed by atoms with Crippen LogP contribution in [0.2, 0.25) is 0 Å². The lowest BCUT2D eigenvalue weighted by molar-refractivity contribution is 0.255. The second-order valence-corrected chi connectivity index (χ2v) is 4.53. The summed E-state index contributed by atoms with van der Waals surface area (Å²) < 4.78 is 18.7. The topological polar surface area (TPSA) is 21.3 Å². The number of aryl methyl sites for hydroxylation is 1. The van der Waals surface area contributed by atoms with Gasteiger partial charge in [-0.05, 0) is 43.7 Å². The normalized spacial score (nSPS) is 12.5. The molecule has 1 unspecified atom stereocenters. The van der Waals surface area contributed by atoms with Crippen LogP contribution in [0.25, 0.3) is 0 Å². The van der Waals surface area contributed by atoms with Gasteiger partial charge >= 0.3 is 0 Å². The summed E-state index contributed by atoms with van der Waals surface area (Å²) >= 11 is 0. The van der Waals surface area contributed by atoms with Crippen molar-refractivity contribution in [2.75, 3.05) is 19.7 Å². The van der Waals surface area contributed by atoms with E-state index >= 15 is 0 Å². The number of nitrogens with one attached hydrogen (secondary N) is 1. The Kier molecular flexibility index (Phi) is 5.98. The quantitative estimate of drug-likeness (QED) is 0.738. The number of rotatable bonds is 7. The maximum absolute atomic E-state index is 13.0. The van der Waals surface area contributed by atoms with Crippen molar-refractivity contribution in [3.8, 4) is 5.75 Å². The number of benzene rings is 1. The van der Waals surface area contributed by atoms with E-state index in [9.17, 15) is 4.39 Å². The predicted octanol–water partition coefficient (Wildman–Crippen LogP) is 3.15. The minimum Gasteiger partial charge on any atom is -0.493 e. The van der Waals surface area contributed by atoms with Gasteiger partial charge in [-0.15, -0.1) is 0 Å². The van der Waals surface area contributed by atoms with Crippen molar-refractivity contribution in [1.82, 2.24) is 5.32 Å². The fraction of sp³-hybridized carbons (Fsp3) is 0.571. The molecule has 0 aromatic heterocycles. The van der Waals surface area contributed by atoms with E-state index in [-0.39, 0.29) is 5.82 Å². The molecule has 96 valence electrons. The van der Waals surface area contributed by atoms with Crippen LogP contribution in [0.4, 0.5) is 4.39 Å². The van der Waals surface area contributed by atoms with Gasteiger partial charge < -0.3 is 10.1 Å². The summed E-state index contributed by atoms with van der Waals surface area (Å²) in [4.78, 5) is 0. The van der Waals surface area contributed by atoms with Crippen LogP contribution in [0, 0.1) is 18.7 Å². The Morgan fingerprint density at radius 2 is 2.18 bits per heavy atom. The monoisotopic (exact) mass is 239 g/mol. The van der Waals surface area contributed by atoms with Crippen LogP contribution in [-0.2, 0) is 0 Å². The third-order valence-electron chi connectivity index (χ3n) is 2.58. The van der Waals surface area contributed by atoms with Crippen molar-refractivity contribution in [3.63, 3.8) is 0 Å². The Morgan fingerprint density at radius 3 is 2.82 bits per heavy atom. The maximum atomic E-state index is 13.0. The SMILES string of the molecule is CCCNCC(C)COc1ccc(F)c(C)c1. The summed E-state index contributed by atoms with van der Waals surface area (Å²) in [6, 6.07) is 4.86. The molecule has 0 aliphatic rings. The lowest BCUT2D eigenvalue weighted by Gasteiger charge is -2.14. The Hall–Kier alpha value is -1.09. The third kappa shape index (κ3) is 5.18. The first kappa shape index (κ1) is 14.0. The van der Waals surface area contributed by atoms with Gasteiger partial charge in [0, 0.05) is 12.5 Å². The van der Waals surface area contributed by atoms with E-state index in [1.165, 1.54) is 6.07 Å². The van der Waals surface area contributed by atoms with Gasteiger partial charge in [0.05, 0.1) is 6.61 Å². The molecule has 1 aromatic carbocycles. The van der Waals surface area contributed by atoms with Crippen molar-refractivity contribution in [3.05, 3.63) is 29.6 Å². The first-order valence-electron chi connectivity index (χ1n) is 6.23. The van der Waals surface area contributed by atoms with E-state index in [1.807, 2.05) is 0 Å². The van der Waals surface area contributed by atoms with Crippen molar-refractivity contribution in [2.24, 2.45) is 5.92 Å². The largest absolute Gasteiger partial charge is 0.493 e. The highest BCUT2D eigenvalue weighted by Crippen LogP contribution is 2.16. The highest BCUT2D eigenvalue weighted by molar-refractivity contribution is 5.28. The standard InChI is InChI=1S/C14H22FNO/c1-4-7-16-9-11(2)10-17-13-5-6-14(15)12(3)8-13/h5-6,8,11,16H,4,7,9-10H2,1-3H3. The van der Waals surface area contributed by atoms with Gasteiger partial charge in [0.2, 0.25) is 0 Å². The van der Waals surface area contributed by atoms with E-state index < -0.39 is 0 Å². The van der Waals surface area contributed by atoms with Gasteiger partial charge in [0.25, 0.3) is 0 Å². The number of hydrogen-bond donors (Lipinski definition) is 1. The molecule has 0 heterocycles. The molecule has 0 bridgehead atoms. The predicted molar refractivity (Wildman–Crippen MR) is 69.0 cm³/mol. The molecule has 0 aliphatic carbocycles. The summed E-state index contributed by atoms with van der Waals surface area (Å²) in [7, 11) is 0. The van der Waals surface area contributed by atoms with Gasteiger partial charge in [-0.25, -0.2) is 4.39 Å². The van der Waals surface area contributed by atoms with Crippen LogP contribution in [-0.4, -0.2) is 19.7 Å². The number of halogens is 1. The van der Waals surface area contributed by atoms with E-state index in [0.29, 0.717) is 18.1 Å². The van der Waals surface area contributed by atoms with Gasteiger partial charge in [-0.1, -0.05) is 13.8 Å². The third-order valence-corrected chi connectivity index (χ3v) is 2.58. The molecule has 3 heteroatoms. The van der Waals surface area contributed by atoms with E-state index in [1.54, 1.807) is 19.1 Å². The fourth-order valence-corrected chi connectivity index (χ4v) is 1.53. The van der Waals surface area contributed by atoms with E-state index in [4.69, 9.17) is 4.74 Å². The molecule has 1 atom stereocenters. The Bertz CT molecular complexity index is 341. The fourth-order valence-electron chi connectivity index (χ4n) is 1.53. The molecule has 1 aromatic rings. The summed E-state index contributed by atoms with van der Waals surface area (Å²) in [6.07, 6.45) is 1.14. The van der Waals surface area contributed by atoms with Crippen molar-refractivity contribution < 1.29 is 9.13 Å². The van der Waals surface area contributed by atoms with Crippen molar-refractivity contribution >= 4 is 0 Å². The minimum atomic E-state index is -0.185. The Balaban J connectivity index is 2.31. The second kappa shape index (κ2) is 7.28. The number of ether oxygens (including phenoxy) is 1. The van der Waals surface area contributed by atoms with Crippen LogP contribution >= 0.6 is 0 Å². The first-order chi connectivity index (χ1) is 8.13. The van der Waals surface area contributed by atoms with E-state index in [0.717, 1.165) is 25.3 Å². The molecular formula is C14H22FNO. The zero-order valence-corrected chi connectivity index (χ0v) is 10.9. The number of hydrogen-bond acceptors (Lipinski definition) is 2. The highest BCUT2D eigenvalue weighted by Gasteiger charge is 2.04. The zero-order chi connectivity index (χ0) is 12.7. The summed E-state index contributed by atoms with van der Waals surface area (Å²) in [5, 5.41) is 3.35. The molecule has 0 saturated heterocycles. The molecule has 0 fully saturated rings. The molecule has 17 heavy (non-hydrogen) atoms. The minimum absolute atomic E-state index is 0.185. The molecule has 1 rings (SSSR count). The molecule has 0 radical (unpaired) electrons. The molecule has 0 saturated carbocycles. The van der Waals surface area contributed by atoms with Crippen LogP contribution in [0.15, 0.2) is 18.2 Å². The highest BCUT2D eigenvalue weighted by atomic mass is 19.1. The zero-order valence-electron chi connectivity index (χ0n) is 10.9. The molecule has 0 spiro atoms. The summed E-state index contributed by atoms with van der Waals surface area (Å²) in [6.45, 7) is 8.68. The van der Waals surface area contributed by atoms with Gasteiger partial charge in [0.15, 0.2) is 0 Å². The van der Waals surface area contributed by atoms with E-state index in [2.05, 4.69) is 19.2 Å². The van der Waals surface area contributed by atoms with Crippen LogP contribution in [0.1, 0.15) is 25.8 Å². The van der Waals surface area contributed by atoms with Crippen molar-refractivity contribution in [1.29, 1.82) is 0 Å². The molecular weight excluding hydrogens is 217 g/mol. The second-order valence-electron chi connectivity index (χ2n) is 4.53. The first-order valence-corrected chi connectivity index (χ1v) is 6.23. The summed E-state index contributed by atoms with van der Waals surface area (Å²) in [5.41, 5.74) is 0.624. The molecule has 0 amide bonds. The van der Waals surface area contributed by atoms with Gasteiger partial charge in [-0.2, -0.15) is 0 Å². The molecule has 0 aliphatic heterocycles. The van der Waals surface area contributed by atoms with Crippen LogP contribution in [0.3, 0.4) is 0 Å². The molecule has 2 nitrogen and oxygen atoms in total. The van der Waals surface area contributed by atoms with Gasteiger partial charge in [-0.3, -0.25) is 0 Å². The lowest BCUT2D eigenvalue weighted by atomic mass is 10.2. The van der Waals surface area contributed by atoms with Crippen LogP contribution < -0.4 is 10.1 Å². The average molecular weight is 239 g/mol. The smallest absolute Gasteiger partial charge is 0.126 e. The lowest BCUT2D eigenvalue weighted by Crippen LogP contribution is -2.25.